The van der Waals surface area contributed by atoms with E-state index in [4.69, 9.17) is 0 Å². The van der Waals surface area contributed by atoms with Crippen molar-refractivity contribution in [1.82, 2.24) is 19.9 Å². The highest BCUT2D eigenvalue weighted by Gasteiger charge is 2.20. The van der Waals surface area contributed by atoms with Crippen LogP contribution in [-0.4, -0.2) is 45.3 Å². The van der Waals surface area contributed by atoms with E-state index in [9.17, 15) is 9.59 Å². The van der Waals surface area contributed by atoms with Crippen molar-refractivity contribution in [3.63, 3.8) is 0 Å². The van der Waals surface area contributed by atoms with Gasteiger partial charge in [0, 0.05) is 25.7 Å². The van der Waals surface area contributed by atoms with Gasteiger partial charge in [0.2, 0.25) is 5.91 Å². The van der Waals surface area contributed by atoms with Gasteiger partial charge in [0.1, 0.15) is 4.70 Å². The quantitative estimate of drug-likeness (QED) is 0.401. The number of thioether (sulfide) groups is 1. The third kappa shape index (κ3) is 4.75. The second-order valence-corrected chi connectivity index (χ2v) is 8.88. The molecule has 1 atom stereocenters. The molecule has 0 unspecified atom stereocenters. The number of fused-ring (bicyclic) bond motifs is 1. The molecule has 1 saturated heterocycles. The highest BCUT2D eigenvalue weighted by atomic mass is 32.2. The molecule has 0 aliphatic carbocycles. The average molecular weight is 422 g/mol. The monoisotopic (exact) mass is 421 g/mol. The molecule has 0 spiro atoms. The van der Waals surface area contributed by atoms with E-state index in [0.717, 1.165) is 37.5 Å². The van der Waals surface area contributed by atoms with E-state index in [1.165, 1.54) is 29.5 Å². The molecule has 2 aromatic heterocycles. The molecule has 9 heteroatoms. The second-order valence-electron chi connectivity index (χ2n) is 6.96. The minimum absolute atomic E-state index is 0.0638. The molecule has 3 rings (SSSR count). The fourth-order valence-electron chi connectivity index (χ4n) is 3.05. The Labute approximate surface area is 173 Å². The summed E-state index contributed by atoms with van der Waals surface area (Å²) in [5.41, 5.74) is 0.358. The lowest BCUT2D eigenvalue weighted by molar-refractivity contribution is -0.119. The van der Waals surface area contributed by atoms with Crippen LogP contribution in [0.2, 0.25) is 0 Å². The molecule has 1 amide bonds. The van der Waals surface area contributed by atoms with Gasteiger partial charge in [-0.2, -0.15) is 4.98 Å². The minimum Gasteiger partial charge on any atom is -0.353 e. The number of nitrogens with zero attached hydrogens (tertiary/aromatic N) is 4. The van der Waals surface area contributed by atoms with Crippen LogP contribution >= 0.6 is 23.1 Å². The van der Waals surface area contributed by atoms with Gasteiger partial charge in [-0.25, -0.2) is 4.98 Å². The number of allylic oxidation sites excluding steroid dienone is 1. The Hall–Kier alpha value is -1.87. The summed E-state index contributed by atoms with van der Waals surface area (Å²) in [6.07, 6.45) is 6.09. The van der Waals surface area contributed by atoms with Gasteiger partial charge in [-0.1, -0.05) is 36.1 Å². The molecule has 0 aromatic carbocycles. The molecule has 152 valence electrons. The molecular formula is C19H27N5O2S2. The summed E-state index contributed by atoms with van der Waals surface area (Å²) in [6.45, 7) is 10.0. The number of piperidine rings is 1. The Balaban J connectivity index is 1.88. The maximum Gasteiger partial charge on any atom is 0.274 e. The predicted molar refractivity (Wildman–Crippen MR) is 117 cm³/mol. The number of hydrogen-bond donors (Lipinski definition) is 1. The summed E-state index contributed by atoms with van der Waals surface area (Å²) in [5.74, 6) is 0.147. The summed E-state index contributed by atoms with van der Waals surface area (Å²) < 4.78 is 2.14. The lowest BCUT2D eigenvalue weighted by atomic mass is 10.1. The van der Waals surface area contributed by atoms with Crippen LogP contribution in [0.25, 0.3) is 10.3 Å². The van der Waals surface area contributed by atoms with Crippen molar-refractivity contribution in [2.24, 2.45) is 0 Å². The lowest BCUT2D eigenvalue weighted by Crippen LogP contribution is -2.33. The molecule has 0 bridgehead atoms. The van der Waals surface area contributed by atoms with Gasteiger partial charge in [-0.3, -0.25) is 14.2 Å². The molecule has 1 aliphatic heterocycles. The van der Waals surface area contributed by atoms with E-state index < -0.39 is 0 Å². The molecule has 1 aliphatic rings. The smallest absolute Gasteiger partial charge is 0.274 e. The number of carbonyl (C=O) groups excluding carboxylic acids is 1. The molecule has 0 saturated carbocycles. The first-order valence-electron chi connectivity index (χ1n) is 9.72. The summed E-state index contributed by atoms with van der Waals surface area (Å²) in [4.78, 5) is 36.6. The zero-order valence-electron chi connectivity index (χ0n) is 16.4. The van der Waals surface area contributed by atoms with Crippen molar-refractivity contribution in [2.75, 3.05) is 23.7 Å². The van der Waals surface area contributed by atoms with Crippen molar-refractivity contribution in [1.29, 1.82) is 0 Å². The van der Waals surface area contributed by atoms with Crippen LogP contribution < -0.4 is 15.8 Å². The van der Waals surface area contributed by atoms with E-state index in [2.05, 4.69) is 26.8 Å². The standard InChI is InChI=1S/C19H27N5O2S2/c1-4-9-24-17(26)15-16(21-18(28-15)23-10-7-6-8-11-23)22-19(24)27-12-14(25)20-13(3)5-2/h4,13H,1,5-12H2,2-3H3,(H,20,25)/t13-/m0/s1. The first-order chi connectivity index (χ1) is 13.5. The van der Waals surface area contributed by atoms with E-state index in [1.807, 2.05) is 13.8 Å². The third-order valence-electron chi connectivity index (χ3n) is 4.76. The predicted octanol–water partition coefficient (Wildman–Crippen LogP) is 3.04. The highest BCUT2D eigenvalue weighted by Crippen LogP contribution is 2.29. The normalized spacial score (nSPS) is 15.6. The Morgan fingerprint density at radius 1 is 1.36 bits per heavy atom. The molecule has 7 nitrogen and oxygen atoms in total. The molecule has 28 heavy (non-hydrogen) atoms. The third-order valence-corrected chi connectivity index (χ3v) is 6.83. The van der Waals surface area contributed by atoms with Crippen LogP contribution in [0.4, 0.5) is 5.13 Å². The van der Waals surface area contributed by atoms with E-state index >= 15 is 0 Å². The van der Waals surface area contributed by atoms with Gasteiger partial charge in [0.25, 0.3) is 5.56 Å². The van der Waals surface area contributed by atoms with Gasteiger partial charge in [-0.15, -0.1) is 6.58 Å². The lowest BCUT2D eigenvalue weighted by Gasteiger charge is -2.25. The zero-order valence-corrected chi connectivity index (χ0v) is 18.1. The number of hydrogen-bond acceptors (Lipinski definition) is 7. The maximum atomic E-state index is 13.0. The largest absolute Gasteiger partial charge is 0.353 e. The van der Waals surface area contributed by atoms with Crippen LogP contribution in [0.5, 0.6) is 0 Å². The first kappa shape index (κ1) is 20.9. The van der Waals surface area contributed by atoms with Crippen LogP contribution in [0.3, 0.4) is 0 Å². The minimum atomic E-state index is -0.115. The molecule has 3 heterocycles. The van der Waals surface area contributed by atoms with E-state index in [1.54, 1.807) is 10.6 Å². The maximum absolute atomic E-state index is 13.0. The molecule has 1 N–H and O–H groups in total. The fourth-order valence-corrected chi connectivity index (χ4v) is 4.86. The van der Waals surface area contributed by atoms with Gasteiger partial charge >= 0.3 is 0 Å². The number of carbonyl (C=O) groups is 1. The Kier molecular flexibility index (Phi) is 7.12. The van der Waals surface area contributed by atoms with E-state index in [0.29, 0.717) is 22.0 Å². The average Bonchev–Trinajstić information content (AvgIpc) is 3.14. The number of nitrogens with one attached hydrogen (secondary N) is 1. The second kappa shape index (κ2) is 9.56. The summed E-state index contributed by atoms with van der Waals surface area (Å²) >= 11 is 2.68. The zero-order chi connectivity index (χ0) is 20.1. The Morgan fingerprint density at radius 3 is 2.79 bits per heavy atom. The number of amides is 1. The number of aromatic nitrogens is 3. The number of rotatable bonds is 8. The van der Waals surface area contributed by atoms with Crippen molar-refractivity contribution in [2.45, 2.75) is 57.3 Å². The fraction of sp³-hybridized carbons (Fsp3) is 0.579. The van der Waals surface area contributed by atoms with Crippen LogP contribution in [0, 0.1) is 0 Å². The number of anilines is 1. The van der Waals surface area contributed by atoms with Crippen LogP contribution in [-0.2, 0) is 11.3 Å². The summed E-state index contributed by atoms with van der Waals surface area (Å²) in [5, 5.41) is 4.30. The van der Waals surface area contributed by atoms with Crippen molar-refractivity contribution in [3.8, 4) is 0 Å². The molecule has 1 fully saturated rings. The Morgan fingerprint density at radius 2 is 2.11 bits per heavy atom. The van der Waals surface area contributed by atoms with Crippen molar-refractivity contribution < 1.29 is 4.79 Å². The van der Waals surface area contributed by atoms with Gasteiger partial charge in [0.15, 0.2) is 15.9 Å². The highest BCUT2D eigenvalue weighted by molar-refractivity contribution is 7.99. The molecule has 2 aromatic rings. The SMILES string of the molecule is C=CCn1c(SCC(=O)N[C@@H](C)CC)nc2nc(N3CCCCC3)sc2c1=O. The topological polar surface area (TPSA) is 80.1 Å². The first-order valence-corrected chi connectivity index (χ1v) is 11.5. The van der Waals surface area contributed by atoms with Gasteiger partial charge in [0.05, 0.1) is 5.75 Å². The molecular weight excluding hydrogens is 394 g/mol. The Bertz CT molecular complexity index is 902. The van der Waals surface area contributed by atoms with Crippen molar-refractivity contribution >= 4 is 44.5 Å². The number of thiazole rings is 1. The van der Waals surface area contributed by atoms with Crippen LogP contribution in [0.1, 0.15) is 39.5 Å². The van der Waals surface area contributed by atoms with Gasteiger partial charge < -0.3 is 10.2 Å². The summed E-state index contributed by atoms with van der Waals surface area (Å²) in [6, 6.07) is 0.129. The molecule has 0 radical (unpaired) electrons. The van der Waals surface area contributed by atoms with Crippen molar-refractivity contribution in [3.05, 3.63) is 23.0 Å². The van der Waals surface area contributed by atoms with Gasteiger partial charge in [-0.05, 0) is 32.6 Å². The summed E-state index contributed by atoms with van der Waals surface area (Å²) in [7, 11) is 0. The van der Waals surface area contributed by atoms with E-state index in [-0.39, 0.29) is 23.3 Å². The van der Waals surface area contributed by atoms with Crippen LogP contribution in [0.15, 0.2) is 22.6 Å².